The lowest BCUT2D eigenvalue weighted by Crippen LogP contribution is -2.36. The molecule has 142 valence electrons. The molecule has 3 rings (SSSR count). The van der Waals surface area contributed by atoms with Crippen LogP contribution < -0.4 is 0 Å². The Bertz CT molecular complexity index is 921. The van der Waals surface area contributed by atoms with Gasteiger partial charge in [-0.2, -0.15) is 0 Å². The van der Waals surface area contributed by atoms with E-state index in [1.807, 2.05) is 30.0 Å². The summed E-state index contributed by atoms with van der Waals surface area (Å²) in [5.74, 6) is -0.574. The zero-order valence-corrected chi connectivity index (χ0v) is 17.3. The number of ether oxygens (including phenoxy) is 1. The van der Waals surface area contributed by atoms with Crippen LogP contribution in [0.1, 0.15) is 25.5 Å². The minimum Gasteiger partial charge on any atom is -0.466 e. The van der Waals surface area contributed by atoms with E-state index in [4.69, 9.17) is 16.3 Å². The van der Waals surface area contributed by atoms with Gasteiger partial charge in [-0.15, -0.1) is 0 Å². The average Bonchev–Trinajstić information content (AvgIpc) is 2.96. The van der Waals surface area contributed by atoms with Crippen molar-refractivity contribution in [2.75, 3.05) is 21.2 Å². The number of amides is 1. The van der Waals surface area contributed by atoms with Gasteiger partial charge < -0.3 is 14.5 Å². The molecule has 6 nitrogen and oxygen atoms in total. The molecule has 0 aromatic heterocycles. The normalized spacial score (nSPS) is 19.1. The first-order valence-electron chi connectivity index (χ1n) is 8.29. The summed E-state index contributed by atoms with van der Waals surface area (Å²) in [5, 5.41) is 1.18. The largest absolute Gasteiger partial charge is 0.466 e. The molecule has 1 aromatic carbocycles. The van der Waals surface area contributed by atoms with Crippen molar-refractivity contribution < 1.29 is 14.3 Å². The Labute approximate surface area is 167 Å². The highest BCUT2D eigenvalue weighted by molar-refractivity contribution is 8.18. The van der Waals surface area contributed by atoms with Crippen molar-refractivity contribution in [3.63, 3.8) is 0 Å². The number of nitrogens with zero attached hydrogens (tertiary/aromatic N) is 3. The molecule has 0 unspecified atom stereocenters. The summed E-state index contributed by atoms with van der Waals surface area (Å²) in [7, 11) is 4.75. The standard InChI is InChI=1S/C19H20ClN3O3S/c1-10-14(18(25)26-5)15(12-8-6-7-9-13(12)20)23-11(2)16(17(24)22(3)4)27-19(23)21-10/h6-9,15H,1-5H3/t15-/m1/s1. The van der Waals surface area contributed by atoms with Gasteiger partial charge in [0.05, 0.1) is 29.3 Å². The fourth-order valence-electron chi connectivity index (χ4n) is 3.14. The minimum atomic E-state index is -0.515. The highest BCUT2D eigenvalue weighted by Crippen LogP contribution is 2.48. The van der Waals surface area contributed by atoms with E-state index in [0.29, 0.717) is 26.4 Å². The van der Waals surface area contributed by atoms with Crippen molar-refractivity contribution in [1.82, 2.24) is 9.80 Å². The first-order chi connectivity index (χ1) is 12.8. The van der Waals surface area contributed by atoms with Gasteiger partial charge in [0.2, 0.25) is 0 Å². The number of benzene rings is 1. The summed E-state index contributed by atoms with van der Waals surface area (Å²) in [6.45, 7) is 3.62. The van der Waals surface area contributed by atoms with E-state index < -0.39 is 12.0 Å². The number of likely N-dealkylation sites (N-methyl/N-ethyl adjacent to an activating group) is 1. The zero-order chi connectivity index (χ0) is 19.9. The van der Waals surface area contributed by atoms with E-state index in [0.717, 1.165) is 11.3 Å². The molecule has 2 aliphatic rings. The zero-order valence-electron chi connectivity index (χ0n) is 15.7. The Morgan fingerprint density at radius 2 is 1.93 bits per heavy atom. The van der Waals surface area contributed by atoms with E-state index in [1.165, 1.54) is 23.8 Å². The molecule has 1 atom stereocenters. The van der Waals surface area contributed by atoms with Crippen LogP contribution in [-0.4, -0.2) is 48.0 Å². The van der Waals surface area contributed by atoms with Crippen LogP contribution in [-0.2, 0) is 14.3 Å². The van der Waals surface area contributed by atoms with Crippen LogP contribution in [0.5, 0.6) is 0 Å². The average molecular weight is 406 g/mol. The van der Waals surface area contributed by atoms with E-state index >= 15 is 0 Å². The lowest BCUT2D eigenvalue weighted by atomic mass is 9.94. The van der Waals surface area contributed by atoms with Crippen molar-refractivity contribution in [3.05, 3.63) is 56.7 Å². The number of thioether (sulfide) groups is 1. The lowest BCUT2D eigenvalue weighted by Gasteiger charge is -2.35. The minimum absolute atomic E-state index is 0.107. The van der Waals surface area contributed by atoms with Gasteiger partial charge in [-0.1, -0.05) is 29.8 Å². The second-order valence-electron chi connectivity index (χ2n) is 6.40. The van der Waals surface area contributed by atoms with E-state index in [9.17, 15) is 9.59 Å². The molecule has 0 saturated heterocycles. The molecule has 2 aliphatic heterocycles. The summed E-state index contributed by atoms with van der Waals surface area (Å²) >= 11 is 7.77. The second-order valence-corrected chi connectivity index (χ2v) is 7.78. The fourth-order valence-corrected chi connectivity index (χ4v) is 4.60. The number of rotatable bonds is 3. The number of carbonyl (C=O) groups is 2. The predicted molar refractivity (Wildman–Crippen MR) is 107 cm³/mol. The number of carbonyl (C=O) groups excluding carboxylic acids is 2. The van der Waals surface area contributed by atoms with Crippen LogP contribution >= 0.6 is 23.4 Å². The number of methoxy groups -OCH3 is 1. The molecule has 0 N–H and O–H groups in total. The second kappa shape index (κ2) is 7.40. The maximum Gasteiger partial charge on any atom is 0.338 e. The summed E-state index contributed by atoms with van der Waals surface area (Å²) in [5.41, 5.74) is 2.45. The fraction of sp³-hybridized carbons (Fsp3) is 0.316. The summed E-state index contributed by atoms with van der Waals surface area (Å²) in [6, 6.07) is 6.83. The highest BCUT2D eigenvalue weighted by atomic mass is 35.5. The van der Waals surface area contributed by atoms with Crippen molar-refractivity contribution in [2.45, 2.75) is 19.9 Å². The molecular weight excluding hydrogens is 386 g/mol. The van der Waals surface area contributed by atoms with Crippen molar-refractivity contribution in [3.8, 4) is 0 Å². The van der Waals surface area contributed by atoms with Crippen LogP contribution in [0.3, 0.4) is 0 Å². The number of hydrogen-bond acceptors (Lipinski definition) is 6. The monoisotopic (exact) mass is 405 g/mol. The molecule has 8 heteroatoms. The van der Waals surface area contributed by atoms with Crippen LogP contribution in [0.25, 0.3) is 0 Å². The number of esters is 1. The van der Waals surface area contributed by atoms with Gasteiger partial charge in [0, 0.05) is 24.8 Å². The molecule has 0 radical (unpaired) electrons. The Kier molecular flexibility index (Phi) is 5.35. The number of amidine groups is 1. The van der Waals surface area contributed by atoms with Gasteiger partial charge in [0.15, 0.2) is 5.17 Å². The molecule has 0 aliphatic carbocycles. The number of halogens is 1. The van der Waals surface area contributed by atoms with Gasteiger partial charge in [-0.3, -0.25) is 4.79 Å². The molecule has 0 spiro atoms. The molecule has 2 heterocycles. The van der Waals surface area contributed by atoms with Gasteiger partial charge in [-0.05, 0) is 37.2 Å². The molecular formula is C19H20ClN3O3S. The summed E-state index contributed by atoms with van der Waals surface area (Å²) in [4.78, 5) is 33.7. The van der Waals surface area contributed by atoms with Crippen LogP contribution in [0, 0.1) is 0 Å². The van der Waals surface area contributed by atoms with Crippen LogP contribution in [0.4, 0.5) is 0 Å². The molecule has 0 saturated carbocycles. The van der Waals surface area contributed by atoms with Crippen molar-refractivity contribution >= 4 is 40.4 Å². The van der Waals surface area contributed by atoms with Gasteiger partial charge >= 0.3 is 5.97 Å². The van der Waals surface area contributed by atoms with Gasteiger partial charge in [-0.25, -0.2) is 9.79 Å². The maximum absolute atomic E-state index is 12.6. The smallest absolute Gasteiger partial charge is 0.338 e. The quantitative estimate of drug-likeness (QED) is 0.719. The summed E-state index contributed by atoms with van der Waals surface area (Å²) in [6.07, 6.45) is 0. The molecule has 1 aromatic rings. The third-order valence-corrected chi connectivity index (χ3v) is 5.97. The van der Waals surface area contributed by atoms with Crippen LogP contribution in [0.15, 0.2) is 51.1 Å². The van der Waals surface area contributed by atoms with Crippen molar-refractivity contribution in [2.24, 2.45) is 4.99 Å². The van der Waals surface area contributed by atoms with Gasteiger partial charge in [0.1, 0.15) is 0 Å². The Morgan fingerprint density at radius 3 is 2.52 bits per heavy atom. The highest BCUT2D eigenvalue weighted by Gasteiger charge is 2.43. The van der Waals surface area contributed by atoms with Gasteiger partial charge in [0.25, 0.3) is 5.91 Å². The Hall–Kier alpha value is -2.25. The number of hydrogen-bond donors (Lipinski definition) is 0. The van der Waals surface area contributed by atoms with E-state index in [2.05, 4.69) is 4.99 Å². The number of aliphatic imine (C=N–C) groups is 1. The van der Waals surface area contributed by atoms with E-state index in [-0.39, 0.29) is 5.91 Å². The SMILES string of the molecule is COC(=O)C1=C(C)N=C2SC(C(=O)N(C)C)=C(C)N2[C@@H]1c1ccccc1Cl. The lowest BCUT2D eigenvalue weighted by molar-refractivity contribution is -0.136. The first kappa shape index (κ1) is 19.5. The van der Waals surface area contributed by atoms with E-state index in [1.54, 1.807) is 27.1 Å². The Morgan fingerprint density at radius 1 is 1.26 bits per heavy atom. The number of fused-ring (bicyclic) bond motifs is 1. The molecule has 27 heavy (non-hydrogen) atoms. The molecule has 0 bridgehead atoms. The first-order valence-corrected chi connectivity index (χ1v) is 9.49. The third kappa shape index (κ3) is 3.26. The van der Waals surface area contributed by atoms with Crippen molar-refractivity contribution in [1.29, 1.82) is 0 Å². The Balaban J connectivity index is 2.22. The predicted octanol–water partition coefficient (Wildman–Crippen LogP) is 3.57. The topological polar surface area (TPSA) is 62.2 Å². The number of allylic oxidation sites excluding steroid dienone is 2. The third-order valence-electron chi connectivity index (χ3n) is 4.48. The molecule has 0 fully saturated rings. The summed E-state index contributed by atoms with van der Waals surface area (Å²) < 4.78 is 5.01. The van der Waals surface area contributed by atoms with Crippen LogP contribution in [0.2, 0.25) is 5.02 Å². The molecule has 1 amide bonds. The maximum atomic E-state index is 12.6.